The first-order chi connectivity index (χ1) is 9.20. The Morgan fingerprint density at radius 2 is 1.74 bits per heavy atom. The summed E-state index contributed by atoms with van der Waals surface area (Å²) in [5, 5.41) is 0. The number of ether oxygens (including phenoxy) is 1. The Balaban J connectivity index is 0.000000741. The molecule has 0 heterocycles. The van der Waals surface area contributed by atoms with E-state index < -0.39 is 0 Å². The third-order valence-electron chi connectivity index (χ3n) is 2.90. The lowest BCUT2D eigenvalue weighted by Gasteiger charge is -2.10. The van der Waals surface area contributed by atoms with Crippen LogP contribution in [0, 0.1) is 18.7 Å². The second kappa shape index (κ2) is 9.82. The quantitative estimate of drug-likeness (QED) is 0.697. The zero-order valence-electron chi connectivity index (χ0n) is 13.3. The van der Waals surface area contributed by atoms with Crippen LogP contribution < -0.4 is 4.74 Å². The number of rotatable bonds is 4. The van der Waals surface area contributed by atoms with Crippen LogP contribution in [0.25, 0.3) is 0 Å². The van der Waals surface area contributed by atoms with Crippen LogP contribution in [0.3, 0.4) is 0 Å². The molecule has 2 rings (SSSR count). The van der Waals surface area contributed by atoms with Crippen LogP contribution in [0.1, 0.15) is 58.6 Å². The molecule has 0 N–H and O–H groups in total. The highest BCUT2D eigenvalue weighted by Crippen LogP contribution is 2.31. The first kappa shape index (κ1) is 17.9. The van der Waals surface area contributed by atoms with Crippen molar-refractivity contribution < 1.29 is 9.13 Å². The van der Waals surface area contributed by atoms with Crippen LogP contribution in [0.2, 0.25) is 0 Å². The lowest BCUT2D eigenvalue weighted by atomic mass is 10.1. The van der Waals surface area contributed by atoms with Gasteiger partial charge in [0.25, 0.3) is 0 Å². The van der Waals surface area contributed by atoms with Crippen molar-refractivity contribution >= 4 is 0 Å². The van der Waals surface area contributed by atoms with Crippen molar-refractivity contribution in [2.75, 3.05) is 6.61 Å². The SMILES string of the molecule is CC.CC.CCc1cc(OCC2CC2)c(C)cc1F. The van der Waals surface area contributed by atoms with E-state index in [1.165, 1.54) is 12.8 Å². The van der Waals surface area contributed by atoms with Gasteiger partial charge < -0.3 is 4.74 Å². The van der Waals surface area contributed by atoms with E-state index in [4.69, 9.17) is 4.74 Å². The van der Waals surface area contributed by atoms with Gasteiger partial charge in [0, 0.05) is 0 Å². The molecule has 1 nitrogen and oxygen atoms in total. The number of aryl methyl sites for hydroxylation is 2. The largest absolute Gasteiger partial charge is 0.493 e. The molecule has 0 aliphatic heterocycles. The number of hydrogen-bond donors (Lipinski definition) is 0. The molecular formula is C17H29FO. The predicted octanol–water partition coefficient (Wildman–Crippen LogP) is 5.54. The molecule has 19 heavy (non-hydrogen) atoms. The normalized spacial score (nSPS) is 12.8. The van der Waals surface area contributed by atoms with E-state index in [0.717, 1.165) is 29.4 Å². The summed E-state index contributed by atoms with van der Waals surface area (Å²) in [6.45, 7) is 12.6. The Morgan fingerprint density at radius 3 is 2.21 bits per heavy atom. The van der Waals surface area contributed by atoms with Crippen molar-refractivity contribution in [1.29, 1.82) is 0 Å². The summed E-state index contributed by atoms with van der Waals surface area (Å²) in [5.41, 5.74) is 1.64. The standard InChI is InChI=1S/C13H17FO.2C2H6/c1-3-11-7-13(9(2)6-12(11)14)15-8-10-4-5-10;2*1-2/h6-7,10H,3-5,8H2,1-2H3;2*1-2H3. The van der Waals surface area contributed by atoms with E-state index in [0.29, 0.717) is 6.42 Å². The molecule has 0 saturated heterocycles. The van der Waals surface area contributed by atoms with E-state index in [1.54, 1.807) is 6.07 Å². The lowest BCUT2D eigenvalue weighted by Crippen LogP contribution is -2.02. The Labute approximate surface area is 118 Å². The lowest BCUT2D eigenvalue weighted by molar-refractivity contribution is 0.297. The van der Waals surface area contributed by atoms with Gasteiger partial charge >= 0.3 is 0 Å². The molecule has 1 fully saturated rings. The summed E-state index contributed by atoms with van der Waals surface area (Å²) in [4.78, 5) is 0. The smallest absolute Gasteiger partial charge is 0.126 e. The second-order valence-corrected chi connectivity index (χ2v) is 4.32. The molecular weight excluding hydrogens is 239 g/mol. The maximum Gasteiger partial charge on any atom is 0.126 e. The molecule has 1 aliphatic rings. The molecule has 1 saturated carbocycles. The van der Waals surface area contributed by atoms with Crippen molar-refractivity contribution in [3.63, 3.8) is 0 Å². The molecule has 0 amide bonds. The minimum absolute atomic E-state index is 0.117. The van der Waals surface area contributed by atoms with Gasteiger partial charge in [0.05, 0.1) is 6.61 Å². The molecule has 1 aromatic carbocycles. The minimum atomic E-state index is -0.117. The van der Waals surface area contributed by atoms with Crippen LogP contribution in [0.4, 0.5) is 4.39 Å². The fraction of sp³-hybridized carbons (Fsp3) is 0.647. The van der Waals surface area contributed by atoms with Crippen molar-refractivity contribution in [1.82, 2.24) is 0 Å². The monoisotopic (exact) mass is 268 g/mol. The molecule has 0 spiro atoms. The average molecular weight is 268 g/mol. The topological polar surface area (TPSA) is 9.23 Å². The van der Waals surface area contributed by atoms with Crippen molar-refractivity contribution in [3.8, 4) is 5.75 Å². The van der Waals surface area contributed by atoms with Crippen molar-refractivity contribution in [3.05, 3.63) is 29.1 Å². The van der Waals surface area contributed by atoms with Gasteiger partial charge in [0.1, 0.15) is 11.6 Å². The van der Waals surface area contributed by atoms with Crippen LogP contribution in [-0.4, -0.2) is 6.61 Å². The highest BCUT2D eigenvalue weighted by molar-refractivity contribution is 5.37. The average Bonchev–Trinajstić information content (AvgIpc) is 3.26. The third kappa shape index (κ3) is 6.09. The summed E-state index contributed by atoms with van der Waals surface area (Å²) in [7, 11) is 0. The van der Waals surface area contributed by atoms with Gasteiger partial charge in [-0.3, -0.25) is 0 Å². The van der Waals surface area contributed by atoms with Crippen LogP contribution in [0.15, 0.2) is 12.1 Å². The fourth-order valence-corrected chi connectivity index (χ4v) is 1.61. The third-order valence-corrected chi connectivity index (χ3v) is 2.90. The molecule has 110 valence electrons. The zero-order chi connectivity index (χ0) is 14.8. The first-order valence-corrected chi connectivity index (χ1v) is 7.62. The van der Waals surface area contributed by atoms with Crippen LogP contribution in [0.5, 0.6) is 5.75 Å². The number of benzene rings is 1. The number of halogens is 1. The van der Waals surface area contributed by atoms with E-state index in [2.05, 4.69) is 0 Å². The van der Waals surface area contributed by atoms with E-state index in [-0.39, 0.29) is 5.82 Å². The second-order valence-electron chi connectivity index (χ2n) is 4.32. The first-order valence-electron chi connectivity index (χ1n) is 7.62. The molecule has 1 aliphatic carbocycles. The van der Waals surface area contributed by atoms with E-state index in [1.807, 2.05) is 47.6 Å². The molecule has 1 aromatic rings. The summed E-state index contributed by atoms with van der Waals surface area (Å²) < 4.78 is 19.1. The van der Waals surface area contributed by atoms with Gasteiger partial charge in [-0.15, -0.1) is 0 Å². The van der Waals surface area contributed by atoms with Crippen molar-refractivity contribution in [2.24, 2.45) is 5.92 Å². The minimum Gasteiger partial charge on any atom is -0.493 e. The molecule has 0 atom stereocenters. The summed E-state index contributed by atoms with van der Waals surface area (Å²) >= 11 is 0. The van der Waals surface area contributed by atoms with Gasteiger partial charge in [0.15, 0.2) is 0 Å². The Bertz CT molecular complexity index is 357. The molecule has 0 aromatic heterocycles. The molecule has 2 heteroatoms. The predicted molar refractivity (Wildman–Crippen MR) is 81.4 cm³/mol. The van der Waals surface area contributed by atoms with Gasteiger partial charge in [-0.1, -0.05) is 34.6 Å². The fourth-order valence-electron chi connectivity index (χ4n) is 1.61. The molecule has 0 bridgehead atoms. The summed E-state index contributed by atoms with van der Waals surface area (Å²) in [6, 6.07) is 3.41. The molecule has 0 radical (unpaired) electrons. The van der Waals surface area contributed by atoms with Crippen LogP contribution in [-0.2, 0) is 6.42 Å². The van der Waals surface area contributed by atoms with Gasteiger partial charge in [0.2, 0.25) is 0 Å². The Morgan fingerprint density at radius 1 is 1.16 bits per heavy atom. The van der Waals surface area contributed by atoms with Crippen LogP contribution >= 0.6 is 0 Å². The number of hydrogen-bond acceptors (Lipinski definition) is 1. The molecule has 0 unspecified atom stereocenters. The van der Waals surface area contributed by atoms with Gasteiger partial charge in [-0.05, 0) is 55.4 Å². The highest BCUT2D eigenvalue weighted by Gasteiger charge is 2.22. The van der Waals surface area contributed by atoms with Gasteiger partial charge in [-0.25, -0.2) is 4.39 Å². The highest BCUT2D eigenvalue weighted by atomic mass is 19.1. The maximum absolute atomic E-state index is 13.4. The van der Waals surface area contributed by atoms with E-state index >= 15 is 0 Å². The Kier molecular flexibility index (Phi) is 9.28. The zero-order valence-corrected chi connectivity index (χ0v) is 13.3. The summed E-state index contributed by atoms with van der Waals surface area (Å²) in [5.74, 6) is 1.47. The summed E-state index contributed by atoms with van der Waals surface area (Å²) in [6.07, 6.45) is 3.27. The van der Waals surface area contributed by atoms with Crippen molar-refractivity contribution in [2.45, 2.75) is 60.8 Å². The maximum atomic E-state index is 13.4. The van der Waals surface area contributed by atoms with Gasteiger partial charge in [-0.2, -0.15) is 0 Å². The Hall–Kier alpha value is -1.05. The van der Waals surface area contributed by atoms with E-state index in [9.17, 15) is 4.39 Å².